The monoisotopic (exact) mass is 234 g/mol. The first-order valence-electron chi connectivity index (χ1n) is 5.83. The van der Waals surface area contributed by atoms with Crippen LogP contribution >= 0.6 is 0 Å². The fourth-order valence-electron chi connectivity index (χ4n) is 2.22. The Morgan fingerprint density at radius 2 is 2.00 bits per heavy atom. The van der Waals surface area contributed by atoms with Crippen molar-refractivity contribution in [1.82, 2.24) is 4.90 Å². The van der Waals surface area contributed by atoms with Gasteiger partial charge in [-0.1, -0.05) is 0 Å². The molecule has 1 aromatic rings. The maximum atomic E-state index is 11.8. The zero-order valence-electron chi connectivity index (χ0n) is 10.3. The van der Waals surface area contributed by atoms with Crippen LogP contribution in [0, 0.1) is 5.92 Å². The van der Waals surface area contributed by atoms with Crippen LogP contribution in [-0.2, 0) is 4.79 Å². The SMILES string of the molecule is CN(C)C(=O)[C@H]1CCN(c2ccc(O)cc2)C1. The lowest BCUT2D eigenvalue weighted by Crippen LogP contribution is -2.31. The zero-order valence-corrected chi connectivity index (χ0v) is 10.3. The summed E-state index contributed by atoms with van der Waals surface area (Å²) in [6.07, 6.45) is 0.901. The van der Waals surface area contributed by atoms with Crippen LogP contribution in [0.5, 0.6) is 5.75 Å². The number of nitrogens with zero attached hydrogens (tertiary/aromatic N) is 2. The van der Waals surface area contributed by atoms with E-state index in [1.807, 2.05) is 12.1 Å². The van der Waals surface area contributed by atoms with E-state index in [0.717, 1.165) is 25.2 Å². The van der Waals surface area contributed by atoms with Gasteiger partial charge < -0.3 is 14.9 Å². The fraction of sp³-hybridized carbons (Fsp3) is 0.462. The molecule has 1 aliphatic rings. The van der Waals surface area contributed by atoms with Gasteiger partial charge in [0.25, 0.3) is 0 Å². The maximum absolute atomic E-state index is 11.8. The second kappa shape index (κ2) is 4.65. The third kappa shape index (κ3) is 2.52. The van der Waals surface area contributed by atoms with Gasteiger partial charge in [-0.25, -0.2) is 0 Å². The Kier molecular flexibility index (Phi) is 3.22. The molecule has 1 atom stereocenters. The van der Waals surface area contributed by atoms with Crippen molar-refractivity contribution in [2.75, 3.05) is 32.1 Å². The number of anilines is 1. The van der Waals surface area contributed by atoms with Crippen molar-refractivity contribution < 1.29 is 9.90 Å². The minimum atomic E-state index is 0.0961. The second-order valence-corrected chi connectivity index (χ2v) is 4.68. The molecule has 4 nitrogen and oxygen atoms in total. The van der Waals surface area contributed by atoms with E-state index < -0.39 is 0 Å². The average molecular weight is 234 g/mol. The molecular weight excluding hydrogens is 216 g/mol. The highest BCUT2D eigenvalue weighted by atomic mass is 16.3. The number of aromatic hydroxyl groups is 1. The van der Waals surface area contributed by atoms with Gasteiger partial charge in [0.2, 0.25) is 5.91 Å². The Labute approximate surface area is 101 Å². The average Bonchev–Trinajstić information content (AvgIpc) is 2.78. The number of carbonyl (C=O) groups excluding carboxylic acids is 1. The third-order valence-corrected chi connectivity index (χ3v) is 3.19. The van der Waals surface area contributed by atoms with Gasteiger partial charge in [0.15, 0.2) is 0 Å². The number of rotatable bonds is 2. The van der Waals surface area contributed by atoms with Crippen LogP contribution in [0.1, 0.15) is 6.42 Å². The van der Waals surface area contributed by atoms with Crippen molar-refractivity contribution in [1.29, 1.82) is 0 Å². The second-order valence-electron chi connectivity index (χ2n) is 4.68. The molecule has 1 amide bonds. The maximum Gasteiger partial charge on any atom is 0.227 e. The molecule has 1 saturated heterocycles. The predicted molar refractivity (Wildman–Crippen MR) is 67.1 cm³/mol. The smallest absolute Gasteiger partial charge is 0.227 e. The van der Waals surface area contributed by atoms with Gasteiger partial charge in [0.05, 0.1) is 5.92 Å². The summed E-state index contributed by atoms with van der Waals surface area (Å²) in [7, 11) is 3.59. The number of phenolic OH excluding ortho intramolecular Hbond substituents is 1. The van der Waals surface area contributed by atoms with Crippen molar-refractivity contribution in [2.45, 2.75) is 6.42 Å². The van der Waals surface area contributed by atoms with E-state index in [4.69, 9.17) is 0 Å². The van der Waals surface area contributed by atoms with Crippen molar-refractivity contribution in [3.8, 4) is 5.75 Å². The Balaban J connectivity index is 2.03. The van der Waals surface area contributed by atoms with E-state index in [1.165, 1.54) is 0 Å². The van der Waals surface area contributed by atoms with Gasteiger partial charge in [-0.15, -0.1) is 0 Å². The summed E-state index contributed by atoms with van der Waals surface area (Å²) in [6, 6.07) is 7.13. The number of hydrogen-bond acceptors (Lipinski definition) is 3. The van der Waals surface area contributed by atoms with Crippen molar-refractivity contribution in [3.63, 3.8) is 0 Å². The molecule has 0 aromatic heterocycles. The zero-order chi connectivity index (χ0) is 12.4. The Bertz CT molecular complexity index is 400. The molecule has 0 aliphatic carbocycles. The first-order valence-corrected chi connectivity index (χ1v) is 5.83. The minimum Gasteiger partial charge on any atom is -0.508 e. The lowest BCUT2D eigenvalue weighted by atomic mass is 10.1. The van der Waals surface area contributed by atoms with E-state index >= 15 is 0 Å². The van der Waals surface area contributed by atoms with E-state index in [2.05, 4.69) is 4.90 Å². The molecule has 2 rings (SSSR count). The predicted octanol–water partition coefficient (Wildman–Crippen LogP) is 1.31. The first-order chi connectivity index (χ1) is 8.08. The van der Waals surface area contributed by atoms with E-state index in [0.29, 0.717) is 0 Å². The number of benzene rings is 1. The highest BCUT2D eigenvalue weighted by Gasteiger charge is 2.29. The van der Waals surface area contributed by atoms with Gasteiger partial charge in [-0.3, -0.25) is 4.79 Å². The normalized spacial score (nSPS) is 19.4. The molecule has 1 fully saturated rings. The van der Waals surface area contributed by atoms with Gasteiger partial charge >= 0.3 is 0 Å². The van der Waals surface area contributed by atoms with Crippen LogP contribution in [0.15, 0.2) is 24.3 Å². The molecule has 17 heavy (non-hydrogen) atoms. The molecule has 1 heterocycles. The minimum absolute atomic E-state index is 0.0961. The summed E-state index contributed by atoms with van der Waals surface area (Å²) in [5.74, 6) is 0.568. The van der Waals surface area contributed by atoms with Gasteiger partial charge in [0, 0.05) is 32.9 Å². The van der Waals surface area contributed by atoms with E-state index in [-0.39, 0.29) is 17.6 Å². The summed E-state index contributed by atoms with van der Waals surface area (Å²) in [6.45, 7) is 1.66. The van der Waals surface area contributed by atoms with Crippen LogP contribution in [0.4, 0.5) is 5.69 Å². The molecule has 0 saturated carbocycles. The summed E-state index contributed by atoms with van der Waals surface area (Å²) in [5, 5.41) is 9.23. The highest BCUT2D eigenvalue weighted by molar-refractivity contribution is 5.79. The van der Waals surface area contributed by atoms with Crippen LogP contribution < -0.4 is 4.90 Å². The quantitative estimate of drug-likeness (QED) is 0.839. The van der Waals surface area contributed by atoms with Gasteiger partial charge in [-0.05, 0) is 30.7 Å². The lowest BCUT2D eigenvalue weighted by Gasteiger charge is -2.19. The van der Waals surface area contributed by atoms with E-state index in [9.17, 15) is 9.90 Å². The van der Waals surface area contributed by atoms with Crippen LogP contribution in [0.2, 0.25) is 0 Å². The molecule has 0 bridgehead atoms. The van der Waals surface area contributed by atoms with E-state index in [1.54, 1.807) is 31.1 Å². The van der Waals surface area contributed by atoms with Gasteiger partial charge in [-0.2, -0.15) is 0 Å². The van der Waals surface area contributed by atoms with Crippen LogP contribution in [-0.4, -0.2) is 43.1 Å². The Morgan fingerprint density at radius 1 is 1.35 bits per heavy atom. The number of amides is 1. The number of phenols is 1. The molecular formula is C13H18N2O2. The number of hydrogen-bond donors (Lipinski definition) is 1. The Hall–Kier alpha value is -1.71. The van der Waals surface area contributed by atoms with Gasteiger partial charge in [0.1, 0.15) is 5.75 Å². The molecule has 0 radical (unpaired) electrons. The Morgan fingerprint density at radius 3 is 2.59 bits per heavy atom. The van der Waals surface area contributed by atoms with Crippen molar-refractivity contribution >= 4 is 11.6 Å². The molecule has 0 unspecified atom stereocenters. The lowest BCUT2D eigenvalue weighted by molar-refractivity contribution is -0.132. The standard InChI is InChI=1S/C13H18N2O2/c1-14(2)13(17)10-7-8-15(9-10)11-3-5-12(16)6-4-11/h3-6,10,16H,7-9H2,1-2H3/t10-/m0/s1. The van der Waals surface area contributed by atoms with Crippen molar-refractivity contribution in [3.05, 3.63) is 24.3 Å². The van der Waals surface area contributed by atoms with Crippen LogP contribution in [0.25, 0.3) is 0 Å². The van der Waals surface area contributed by atoms with Crippen LogP contribution in [0.3, 0.4) is 0 Å². The highest BCUT2D eigenvalue weighted by Crippen LogP contribution is 2.26. The molecule has 0 spiro atoms. The largest absolute Gasteiger partial charge is 0.508 e. The molecule has 1 N–H and O–H groups in total. The van der Waals surface area contributed by atoms with Crippen molar-refractivity contribution in [2.24, 2.45) is 5.92 Å². The third-order valence-electron chi connectivity index (χ3n) is 3.19. The molecule has 4 heteroatoms. The fourth-order valence-corrected chi connectivity index (χ4v) is 2.22. The summed E-state index contributed by atoms with van der Waals surface area (Å²) >= 11 is 0. The molecule has 1 aromatic carbocycles. The molecule has 92 valence electrons. The molecule has 1 aliphatic heterocycles. The number of carbonyl (C=O) groups is 1. The first kappa shape index (κ1) is 11.8. The topological polar surface area (TPSA) is 43.8 Å². The summed E-state index contributed by atoms with van der Waals surface area (Å²) < 4.78 is 0. The summed E-state index contributed by atoms with van der Waals surface area (Å²) in [4.78, 5) is 15.7. The summed E-state index contributed by atoms with van der Waals surface area (Å²) in [5.41, 5.74) is 1.07.